The average Bonchev–Trinajstić information content (AvgIpc) is 2.60. The van der Waals surface area contributed by atoms with Crippen LogP contribution < -0.4 is 0 Å². The second kappa shape index (κ2) is 9.39. The third kappa shape index (κ3) is 5.98. The first-order valence-electron chi connectivity index (χ1n) is 8.99. The van der Waals surface area contributed by atoms with E-state index in [0.717, 1.165) is 0 Å². The number of hydrogen-bond donors (Lipinski definition) is 0. The molecule has 0 unspecified atom stereocenters. The van der Waals surface area contributed by atoms with E-state index >= 15 is 0 Å². The molecular formula is C20H30N2O5. The monoisotopic (exact) mass is 378 g/mol. The van der Waals surface area contributed by atoms with Gasteiger partial charge in [-0.25, -0.2) is 9.59 Å². The van der Waals surface area contributed by atoms with Gasteiger partial charge in [0.1, 0.15) is 5.60 Å². The van der Waals surface area contributed by atoms with Gasteiger partial charge in [0.05, 0.1) is 18.2 Å². The summed E-state index contributed by atoms with van der Waals surface area (Å²) >= 11 is 0. The van der Waals surface area contributed by atoms with Crippen molar-refractivity contribution in [1.82, 2.24) is 9.80 Å². The summed E-state index contributed by atoms with van der Waals surface area (Å²) in [5, 5.41) is 0. The zero-order valence-corrected chi connectivity index (χ0v) is 17.3. The van der Waals surface area contributed by atoms with Gasteiger partial charge in [-0.05, 0) is 46.2 Å². The highest BCUT2D eigenvalue weighted by Gasteiger charge is 2.26. The van der Waals surface area contributed by atoms with E-state index in [0.29, 0.717) is 18.7 Å². The molecule has 1 aromatic rings. The number of amides is 2. The number of methoxy groups -OCH3 is 1. The molecule has 0 atom stereocenters. The number of carbonyl (C=O) groups excluding carboxylic acids is 3. The molecule has 0 aliphatic carbocycles. The molecule has 0 bridgehead atoms. The minimum absolute atomic E-state index is 0.127. The second-order valence-corrected chi connectivity index (χ2v) is 7.15. The summed E-state index contributed by atoms with van der Waals surface area (Å²) in [6, 6.07) is 4.95. The lowest BCUT2D eigenvalue weighted by Crippen LogP contribution is -2.36. The molecule has 27 heavy (non-hydrogen) atoms. The number of ether oxygens (including phenoxy) is 2. The molecule has 0 saturated heterocycles. The Hall–Kier alpha value is -2.57. The summed E-state index contributed by atoms with van der Waals surface area (Å²) in [4.78, 5) is 40.5. The van der Waals surface area contributed by atoms with Gasteiger partial charge in [-0.1, -0.05) is 12.1 Å². The van der Waals surface area contributed by atoms with E-state index in [-0.39, 0.29) is 23.6 Å². The molecule has 150 valence electrons. The highest BCUT2D eigenvalue weighted by molar-refractivity contribution is 6.06. The predicted octanol–water partition coefficient (Wildman–Crippen LogP) is 3.32. The van der Waals surface area contributed by atoms with Gasteiger partial charge < -0.3 is 19.3 Å². The first-order valence-corrected chi connectivity index (χ1v) is 8.99. The fraction of sp³-hybridized carbons (Fsp3) is 0.550. The van der Waals surface area contributed by atoms with Gasteiger partial charge in [0, 0.05) is 26.7 Å². The van der Waals surface area contributed by atoms with Crippen molar-refractivity contribution in [3.8, 4) is 0 Å². The highest BCUT2D eigenvalue weighted by atomic mass is 16.6. The minimum atomic E-state index is -0.626. The summed E-state index contributed by atoms with van der Waals surface area (Å²) in [5.41, 5.74) is 0.370. The van der Waals surface area contributed by atoms with Crippen LogP contribution in [0.5, 0.6) is 0 Å². The topological polar surface area (TPSA) is 76.2 Å². The Morgan fingerprint density at radius 3 is 2.15 bits per heavy atom. The molecule has 0 radical (unpaired) electrons. The van der Waals surface area contributed by atoms with Crippen LogP contribution in [-0.2, 0) is 16.0 Å². The van der Waals surface area contributed by atoms with Crippen molar-refractivity contribution in [2.45, 2.75) is 46.8 Å². The summed E-state index contributed by atoms with van der Waals surface area (Å²) in [6.07, 6.45) is -0.507. The number of nitrogens with zero attached hydrogens (tertiary/aromatic N) is 2. The molecule has 0 heterocycles. The lowest BCUT2D eigenvalue weighted by Gasteiger charge is -2.26. The van der Waals surface area contributed by atoms with Gasteiger partial charge in [-0.2, -0.15) is 0 Å². The maximum absolute atomic E-state index is 13.0. The molecule has 7 heteroatoms. The second-order valence-electron chi connectivity index (χ2n) is 7.15. The molecule has 0 saturated carbocycles. The Kier molecular flexibility index (Phi) is 7.82. The van der Waals surface area contributed by atoms with Gasteiger partial charge in [-0.15, -0.1) is 0 Å². The molecule has 1 rings (SSSR count). The van der Waals surface area contributed by atoms with Crippen molar-refractivity contribution < 1.29 is 23.9 Å². The number of benzene rings is 1. The highest BCUT2D eigenvalue weighted by Crippen LogP contribution is 2.21. The standard InChI is InChI=1S/C20H30N2O5/c1-8-22(9-2)17(23)16-14(11-10-12-15(16)18(24)26-7)13-21(6)19(25)27-20(3,4)5/h10-12H,8-9,13H2,1-7H3. The van der Waals surface area contributed by atoms with Gasteiger partial charge in [0.2, 0.25) is 0 Å². The molecule has 0 aliphatic heterocycles. The van der Waals surface area contributed by atoms with Crippen molar-refractivity contribution in [2.75, 3.05) is 27.2 Å². The molecule has 0 aromatic heterocycles. The Morgan fingerprint density at radius 2 is 1.67 bits per heavy atom. The van der Waals surface area contributed by atoms with Crippen LogP contribution in [0.4, 0.5) is 4.79 Å². The van der Waals surface area contributed by atoms with Crippen LogP contribution in [0.1, 0.15) is 60.9 Å². The van der Waals surface area contributed by atoms with Gasteiger partial charge in [0.15, 0.2) is 0 Å². The lowest BCUT2D eigenvalue weighted by atomic mass is 9.99. The SMILES string of the molecule is CCN(CC)C(=O)c1c(CN(C)C(=O)OC(C)(C)C)cccc1C(=O)OC. The van der Waals surface area contributed by atoms with Crippen molar-refractivity contribution in [1.29, 1.82) is 0 Å². The number of hydrogen-bond acceptors (Lipinski definition) is 5. The third-order valence-electron chi connectivity index (χ3n) is 3.93. The van der Waals surface area contributed by atoms with Crippen LogP contribution >= 0.6 is 0 Å². The Labute approximate surface area is 161 Å². The Morgan fingerprint density at radius 1 is 1.07 bits per heavy atom. The molecule has 0 N–H and O–H groups in total. The molecule has 2 amide bonds. The van der Waals surface area contributed by atoms with Crippen LogP contribution in [0.3, 0.4) is 0 Å². The van der Waals surface area contributed by atoms with E-state index in [9.17, 15) is 14.4 Å². The molecule has 0 aliphatic rings. The van der Waals surface area contributed by atoms with Crippen molar-refractivity contribution in [3.63, 3.8) is 0 Å². The minimum Gasteiger partial charge on any atom is -0.465 e. The van der Waals surface area contributed by atoms with E-state index in [1.54, 1.807) is 50.9 Å². The van der Waals surface area contributed by atoms with E-state index in [1.807, 2.05) is 13.8 Å². The van der Waals surface area contributed by atoms with Gasteiger partial charge in [-0.3, -0.25) is 4.79 Å². The zero-order valence-electron chi connectivity index (χ0n) is 17.3. The summed E-state index contributed by atoms with van der Waals surface area (Å²) in [5.74, 6) is -0.860. The average molecular weight is 378 g/mol. The zero-order chi connectivity index (χ0) is 20.8. The largest absolute Gasteiger partial charge is 0.465 e. The first kappa shape index (κ1) is 22.5. The predicted molar refractivity (Wildman–Crippen MR) is 103 cm³/mol. The van der Waals surface area contributed by atoms with Crippen LogP contribution in [-0.4, -0.2) is 60.6 Å². The van der Waals surface area contributed by atoms with Crippen LogP contribution in [0.25, 0.3) is 0 Å². The fourth-order valence-electron chi connectivity index (χ4n) is 2.59. The molecule has 0 fully saturated rings. The Balaban J connectivity index is 3.32. The van der Waals surface area contributed by atoms with Crippen molar-refractivity contribution >= 4 is 18.0 Å². The normalized spacial score (nSPS) is 10.9. The molecule has 0 spiro atoms. The third-order valence-corrected chi connectivity index (χ3v) is 3.93. The van der Waals surface area contributed by atoms with E-state index in [2.05, 4.69) is 0 Å². The van der Waals surface area contributed by atoms with Crippen LogP contribution in [0, 0.1) is 0 Å². The van der Waals surface area contributed by atoms with Crippen molar-refractivity contribution in [2.24, 2.45) is 0 Å². The summed E-state index contributed by atoms with van der Waals surface area (Å²) < 4.78 is 10.2. The fourth-order valence-corrected chi connectivity index (χ4v) is 2.59. The molecule has 1 aromatic carbocycles. The van der Waals surface area contributed by atoms with Gasteiger partial charge in [0.25, 0.3) is 5.91 Å². The molecule has 7 nitrogen and oxygen atoms in total. The van der Waals surface area contributed by atoms with E-state index in [1.165, 1.54) is 12.0 Å². The van der Waals surface area contributed by atoms with Crippen molar-refractivity contribution in [3.05, 3.63) is 34.9 Å². The lowest BCUT2D eigenvalue weighted by molar-refractivity contribution is 0.0283. The number of carbonyl (C=O) groups is 3. The summed E-state index contributed by atoms with van der Waals surface area (Å²) in [6.45, 7) is 10.2. The van der Waals surface area contributed by atoms with Gasteiger partial charge >= 0.3 is 12.1 Å². The maximum atomic E-state index is 13.0. The molecular weight excluding hydrogens is 348 g/mol. The van der Waals surface area contributed by atoms with E-state index < -0.39 is 17.7 Å². The maximum Gasteiger partial charge on any atom is 0.410 e. The Bertz CT molecular complexity index is 690. The number of esters is 1. The van der Waals surface area contributed by atoms with Crippen LogP contribution in [0.2, 0.25) is 0 Å². The quantitative estimate of drug-likeness (QED) is 0.710. The van der Waals surface area contributed by atoms with Crippen LogP contribution in [0.15, 0.2) is 18.2 Å². The number of rotatable bonds is 6. The first-order chi connectivity index (χ1) is 12.6. The smallest absolute Gasteiger partial charge is 0.410 e. The summed E-state index contributed by atoms with van der Waals surface area (Å²) in [7, 11) is 2.86. The van der Waals surface area contributed by atoms with E-state index in [4.69, 9.17) is 9.47 Å².